The molecule has 2 aromatic rings. The molecule has 0 radical (unpaired) electrons. The number of aromatic nitrogens is 2. The zero-order valence-corrected chi connectivity index (χ0v) is 17.0. The number of aryl methyl sites for hydroxylation is 1. The van der Waals surface area contributed by atoms with Crippen molar-refractivity contribution in [3.63, 3.8) is 0 Å². The fraction of sp³-hybridized carbons (Fsp3) is 0.409. The quantitative estimate of drug-likeness (QED) is 0.784. The van der Waals surface area contributed by atoms with Crippen LogP contribution in [0.5, 0.6) is 0 Å². The molecule has 29 heavy (non-hydrogen) atoms. The third-order valence-electron chi connectivity index (χ3n) is 5.93. The topological polar surface area (TPSA) is 53.4 Å². The van der Waals surface area contributed by atoms with Gasteiger partial charge in [0.15, 0.2) is 0 Å². The number of hydrogen-bond donors (Lipinski definition) is 1. The number of halogens is 1. The number of piperidine rings is 1. The number of fused-ring (bicyclic) bond motifs is 1. The first kappa shape index (κ1) is 18.6. The minimum Gasteiger partial charge on any atom is -0.341 e. The maximum atomic E-state index is 13.6. The Labute approximate surface area is 174 Å². The van der Waals surface area contributed by atoms with Crippen LogP contribution in [0.15, 0.2) is 46.4 Å². The SMILES string of the molecule is Fc1cccc(Nc2nc(N3CCC(C4C=CN=CC4)CC3)nc3c2SCC3)c1. The molecule has 3 aliphatic rings. The van der Waals surface area contributed by atoms with Gasteiger partial charge in [-0.2, -0.15) is 4.98 Å². The Morgan fingerprint density at radius 3 is 2.86 bits per heavy atom. The smallest absolute Gasteiger partial charge is 0.227 e. The van der Waals surface area contributed by atoms with Gasteiger partial charge in [-0.3, -0.25) is 4.99 Å². The Bertz CT molecular complexity index is 952. The number of aliphatic imine (C=N–C) groups is 1. The minimum atomic E-state index is -0.252. The third-order valence-corrected chi connectivity index (χ3v) is 7.05. The van der Waals surface area contributed by atoms with Gasteiger partial charge in [0.2, 0.25) is 5.95 Å². The molecule has 0 amide bonds. The summed E-state index contributed by atoms with van der Waals surface area (Å²) in [4.78, 5) is 17.3. The Morgan fingerprint density at radius 1 is 1.17 bits per heavy atom. The molecule has 1 saturated heterocycles. The molecule has 150 valence electrons. The summed E-state index contributed by atoms with van der Waals surface area (Å²) in [5.41, 5.74) is 1.82. The second-order valence-corrected chi connectivity index (χ2v) is 8.88. The summed E-state index contributed by atoms with van der Waals surface area (Å²) < 4.78 is 13.6. The van der Waals surface area contributed by atoms with Gasteiger partial charge in [-0.25, -0.2) is 9.37 Å². The number of benzene rings is 1. The molecule has 0 saturated carbocycles. The minimum absolute atomic E-state index is 0.252. The van der Waals surface area contributed by atoms with Crippen molar-refractivity contribution in [2.75, 3.05) is 29.1 Å². The highest BCUT2D eigenvalue weighted by molar-refractivity contribution is 7.99. The van der Waals surface area contributed by atoms with Gasteiger partial charge in [-0.15, -0.1) is 11.8 Å². The van der Waals surface area contributed by atoms with Gasteiger partial charge in [0, 0.05) is 43.4 Å². The predicted molar refractivity (Wildman–Crippen MR) is 117 cm³/mol. The van der Waals surface area contributed by atoms with Gasteiger partial charge in [0.1, 0.15) is 11.6 Å². The first-order valence-corrected chi connectivity index (χ1v) is 11.2. The van der Waals surface area contributed by atoms with Crippen LogP contribution >= 0.6 is 11.8 Å². The molecule has 0 aliphatic carbocycles. The van der Waals surface area contributed by atoms with Crippen molar-refractivity contribution >= 4 is 35.4 Å². The molecule has 5 nitrogen and oxygen atoms in total. The van der Waals surface area contributed by atoms with Gasteiger partial charge in [0.05, 0.1) is 10.6 Å². The number of hydrogen-bond acceptors (Lipinski definition) is 6. The summed E-state index contributed by atoms with van der Waals surface area (Å²) in [5, 5.41) is 3.32. The molecule has 1 atom stereocenters. The summed E-state index contributed by atoms with van der Waals surface area (Å²) in [7, 11) is 0. The first-order chi connectivity index (χ1) is 14.3. The highest BCUT2D eigenvalue weighted by Crippen LogP contribution is 2.39. The summed E-state index contributed by atoms with van der Waals surface area (Å²) in [6, 6.07) is 6.53. The van der Waals surface area contributed by atoms with Crippen molar-refractivity contribution in [3.8, 4) is 0 Å². The van der Waals surface area contributed by atoms with Crippen molar-refractivity contribution in [3.05, 3.63) is 48.1 Å². The van der Waals surface area contributed by atoms with E-state index in [1.165, 1.54) is 12.1 Å². The fourth-order valence-corrected chi connectivity index (χ4v) is 5.39. The average Bonchev–Trinajstić information content (AvgIpc) is 3.24. The van der Waals surface area contributed by atoms with E-state index in [2.05, 4.69) is 21.3 Å². The van der Waals surface area contributed by atoms with E-state index in [4.69, 9.17) is 9.97 Å². The van der Waals surface area contributed by atoms with E-state index in [-0.39, 0.29) is 5.82 Å². The van der Waals surface area contributed by atoms with E-state index < -0.39 is 0 Å². The average molecular weight is 410 g/mol. The largest absolute Gasteiger partial charge is 0.341 e. The van der Waals surface area contributed by atoms with Gasteiger partial charge in [-0.05, 0) is 49.3 Å². The van der Waals surface area contributed by atoms with Crippen molar-refractivity contribution < 1.29 is 4.39 Å². The van der Waals surface area contributed by atoms with Crippen LogP contribution in [0.25, 0.3) is 0 Å². The van der Waals surface area contributed by atoms with Crippen LogP contribution in [0, 0.1) is 17.7 Å². The molecule has 1 fully saturated rings. The van der Waals surface area contributed by atoms with E-state index >= 15 is 0 Å². The number of nitrogens with zero attached hydrogens (tertiary/aromatic N) is 4. The van der Waals surface area contributed by atoms with Crippen LogP contribution < -0.4 is 10.2 Å². The van der Waals surface area contributed by atoms with Crippen molar-refractivity contribution in [2.24, 2.45) is 16.8 Å². The number of nitrogens with one attached hydrogen (secondary N) is 1. The predicted octanol–water partition coefficient (Wildman–Crippen LogP) is 4.83. The molecular formula is C22H24FN5S. The molecule has 4 heterocycles. The maximum absolute atomic E-state index is 13.6. The van der Waals surface area contributed by atoms with E-state index in [0.29, 0.717) is 17.5 Å². The molecule has 1 N–H and O–H groups in total. The maximum Gasteiger partial charge on any atom is 0.227 e. The molecular weight excluding hydrogens is 385 g/mol. The van der Waals surface area contributed by atoms with Gasteiger partial charge < -0.3 is 10.2 Å². The monoisotopic (exact) mass is 409 g/mol. The van der Waals surface area contributed by atoms with Crippen LogP contribution in [-0.4, -0.2) is 35.0 Å². The molecule has 5 rings (SSSR count). The highest BCUT2D eigenvalue weighted by Gasteiger charge is 2.28. The van der Waals surface area contributed by atoms with E-state index in [0.717, 1.165) is 66.9 Å². The van der Waals surface area contributed by atoms with Crippen LogP contribution in [0.2, 0.25) is 0 Å². The summed E-state index contributed by atoms with van der Waals surface area (Å²) >= 11 is 1.77. The summed E-state index contributed by atoms with van der Waals surface area (Å²) in [6.07, 6.45) is 10.5. The Balaban J connectivity index is 1.34. The molecule has 0 spiro atoms. The van der Waals surface area contributed by atoms with Crippen LogP contribution in [0.4, 0.5) is 21.8 Å². The van der Waals surface area contributed by atoms with Gasteiger partial charge >= 0.3 is 0 Å². The Kier molecular flexibility index (Phi) is 5.23. The first-order valence-electron chi connectivity index (χ1n) is 10.3. The Hall–Kier alpha value is -2.41. The van der Waals surface area contributed by atoms with Crippen LogP contribution in [0.1, 0.15) is 25.0 Å². The van der Waals surface area contributed by atoms with Crippen LogP contribution in [0.3, 0.4) is 0 Å². The number of allylic oxidation sites excluding steroid dienone is 1. The normalized spacial score (nSPS) is 21.4. The second-order valence-electron chi connectivity index (χ2n) is 7.78. The number of rotatable bonds is 4. The van der Waals surface area contributed by atoms with Crippen LogP contribution in [-0.2, 0) is 6.42 Å². The van der Waals surface area contributed by atoms with Crippen molar-refractivity contribution in [2.45, 2.75) is 30.6 Å². The standard InChI is InChI=1S/C22H24FN5S/c23-17-2-1-3-18(14-17)25-21-20-19(8-13-29-20)26-22(27-21)28-11-6-16(7-12-28)15-4-9-24-10-5-15/h1-4,9-10,14-16H,5-8,11-13H2,(H,25,26,27). The lowest BCUT2D eigenvalue weighted by atomic mass is 9.82. The van der Waals surface area contributed by atoms with Crippen molar-refractivity contribution in [1.29, 1.82) is 0 Å². The third kappa shape index (κ3) is 4.01. The fourth-order valence-electron chi connectivity index (χ4n) is 4.34. The number of anilines is 3. The highest BCUT2D eigenvalue weighted by atomic mass is 32.2. The van der Waals surface area contributed by atoms with Crippen molar-refractivity contribution in [1.82, 2.24) is 9.97 Å². The second kappa shape index (κ2) is 8.14. The molecule has 1 aromatic heterocycles. The van der Waals surface area contributed by atoms with E-state index in [9.17, 15) is 4.39 Å². The zero-order chi connectivity index (χ0) is 19.6. The van der Waals surface area contributed by atoms with Gasteiger partial charge in [-0.1, -0.05) is 12.1 Å². The molecule has 3 aliphatic heterocycles. The molecule has 1 aromatic carbocycles. The summed E-state index contributed by atoms with van der Waals surface area (Å²) in [5.74, 6) is 3.66. The summed E-state index contributed by atoms with van der Waals surface area (Å²) in [6.45, 7) is 1.94. The number of thioether (sulfide) groups is 1. The molecule has 7 heteroatoms. The van der Waals surface area contributed by atoms with E-state index in [1.54, 1.807) is 17.8 Å². The molecule has 1 unspecified atom stereocenters. The van der Waals surface area contributed by atoms with Gasteiger partial charge in [0.25, 0.3) is 0 Å². The lowest BCUT2D eigenvalue weighted by Gasteiger charge is -2.35. The zero-order valence-electron chi connectivity index (χ0n) is 16.2. The lowest BCUT2D eigenvalue weighted by molar-refractivity contribution is 0.322. The molecule has 0 bridgehead atoms. The Morgan fingerprint density at radius 2 is 2.07 bits per heavy atom. The lowest BCUT2D eigenvalue weighted by Crippen LogP contribution is -2.37. The van der Waals surface area contributed by atoms with E-state index in [1.807, 2.05) is 18.5 Å².